The fourth-order valence-electron chi connectivity index (χ4n) is 2.72. The summed E-state index contributed by atoms with van der Waals surface area (Å²) in [5.41, 5.74) is -0.190. The van der Waals surface area contributed by atoms with Gasteiger partial charge in [0.05, 0.1) is 6.54 Å². The predicted octanol–water partition coefficient (Wildman–Crippen LogP) is 3.17. The molecule has 2 heterocycles. The molecule has 2 aromatic rings. The van der Waals surface area contributed by atoms with Crippen LogP contribution in [0.3, 0.4) is 0 Å². The molecule has 1 N–H and O–H groups in total. The third-order valence-electron chi connectivity index (χ3n) is 3.99. The molecule has 0 fully saturated rings. The van der Waals surface area contributed by atoms with Crippen LogP contribution >= 0.6 is 11.6 Å². The highest BCUT2D eigenvalue weighted by Crippen LogP contribution is 2.33. The largest absolute Gasteiger partial charge is 0.465 e. The number of halogens is 1. The van der Waals surface area contributed by atoms with Crippen LogP contribution in [0.4, 0.5) is 16.3 Å². The first-order chi connectivity index (χ1) is 11.8. The lowest BCUT2D eigenvalue weighted by atomic mass is 10.0. The topological polar surface area (TPSA) is 111 Å². The molecule has 10 heteroatoms. The zero-order valence-corrected chi connectivity index (χ0v) is 14.0. The first-order valence-electron chi connectivity index (χ1n) is 7.44. The Morgan fingerprint density at radius 2 is 2.20 bits per heavy atom. The highest BCUT2D eigenvalue weighted by molar-refractivity contribution is 6.30. The van der Waals surface area contributed by atoms with E-state index in [1.54, 1.807) is 28.8 Å². The van der Waals surface area contributed by atoms with E-state index in [4.69, 9.17) is 16.3 Å². The quantitative estimate of drug-likeness (QED) is 0.642. The molecular weight excluding hydrogens is 352 g/mol. The van der Waals surface area contributed by atoms with Gasteiger partial charge < -0.3 is 20.0 Å². The number of hydrogen-bond acceptors (Lipinski definition) is 5. The summed E-state index contributed by atoms with van der Waals surface area (Å²) in [5, 5.41) is 20.7. The second-order valence-corrected chi connectivity index (χ2v) is 6.42. The van der Waals surface area contributed by atoms with E-state index in [-0.39, 0.29) is 18.4 Å². The first-order valence-corrected chi connectivity index (χ1v) is 7.82. The molecule has 0 aliphatic carbocycles. The predicted molar refractivity (Wildman–Crippen MR) is 89.4 cm³/mol. The molecule has 0 saturated heterocycles. The Bertz CT molecular complexity index is 796. The van der Waals surface area contributed by atoms with E-state index >= 15 is 0 Å². The molecule has 3 rings (SSSR count). The fraction of sp³-hybridized carbons (Fsp3) is 0.333. The van der Waals surface area contributed by atoms with E-state index in [0.29, 0.717) is 23.7 Å². The Morgan fingerprint density at radius 1 is 1.52 bits per heavy atom. The van der Waals surface area contributed by atoms with Crippen molar-refractivity contribution in [3.8, 4) is 6.01 Å². The van der Waals surface area contributed by atoms with Crippen molar-refractivity contribution >= 4 is 29.2 Å². The normalized spacial score (nSPS) is 18.5. The Balaban J connectivity index is 1.69. The van der Waals surface area contributed by atoms with Gasteiger partial charge in [-0.15, -0.1) is 0 Å². The standard InChI is InChI=1S/C15H15ClN4O5/c1-15(9-18-8-12(20(23)24)17-13(18)25-15)6-7-19(14(21)22)11-4-2-10(16)3-5-11/h2-5,8H,6-7,9H2,1H3,(H,21,22). The summed E-state index contributed by atoms with van der Waals surface area (Å²) in [6, 6.07) is 6.67. The number of carbonyl (C=O) groups is 1. The molecule has 1 aliphatic rings. The van der Waals surface area contributed by atoms with Crippen LogP contribution in [-0.4, -0.2) is 37.8 Å². The summed E-state index contributed by atoms with van der Waals surface area (Å²) >= 11 is 5.83. The van der Waals surface area contributed by atoms with Crippen LogP contribution < -0.4 is 9.64 Å². The maximum atomic E-state index is 11.5. The Kier molecular flexibility index (Phi) is 4.25. The lowest BCUT2D eigenvalue weighted by molar-refractivity contribution is -0.389. The minimum atomic E-state index is -1.09. The molecule has 1 aromatic carbocycles. The van der Waals surface area contributed by atoms with Crippen LogP contribution in [0.2, 0.25) is 5.02 Å². The average Bonchev–Trinajstić information content (AvgIpc) is 3.04. The van der Waals surface area contributed by atoms with E-state index in [2.05, 4.69) is 4.98 Å². The monoisotopic (exact) mass is 366 g/mol. The summed E-state index contributed by atoms with van der Waals surface area (Å²) in [7, 11) is 0. The number of hydrogen-bond donors (Lipinski definition) is 1. The van der Waals surface area contributed by atoms with Crippen molar-refractivity contribution < 1.29 is 19.6 Å². The molecule has 0 bridgehead atoms. The van der Waals surface area contributed by atoms with Gasteiger partial charge in [-0.25, -0.2) is 4.79 Å². The number of rotatable bonds is 5. The van der Waals surface area contributed by atoms with E-state index in [0.717, 1.165) is 0 Å². The van der Waals surface area contributed by atoms with Gasteiger partial charge in [0.1, 0.15) is 11.8 Å². The molecule has 1 unspecified atom stereocenters. The number of nitro groups is 1. The maximum Gasteiger partial charge on any atom is 0.414 e. The van der Waals surface area contributed by atoms with Crippen molar-refractivity contribution in [1.29, 1.82) is 0 Å². The fourth-order valence-corrected chi connectivity index (χ4v) is 2.84. The van der Waals surface area contributed by atoms with Gasteiger partial charge in [0.2, 0.25) is 0 Å². The average molecular weight is 367 g/mol. The molecule has 1 aromatic heterocycles. The molecule has 0 saturated carbocycles. The molecule has 132 valence electrons. The molecule has 9 nitrogen and oxygen atoms in total. The molecule has 1 amide bonds. The number of anilines is 1. The van der Waals surface area contributed by atoms with Gasteiger partial charge in [0.15, 0.2) is 0 Å². The van der Waals surface area contributed by atoms with E-state index < -0.39 is 16.6 Å². The number of carboxylic acid groups (broad SMARTS) is 1. The van der Waals surface area contributed by atoms with Crippen LogP contribution in [-0.2, 0) is 6.54 Å². The maximum absolute atomic E-state index is 11.5. The lowest BCUT2D eigenvalue weighted by Gasteiger charge is -2.26. The van der Waals surface area contributed by atoms with Crippen molar-refractivity contribution in [3.63, 3.8) is 0 Å². The third-order valence-corrected chi connectivity index (χ3v) is 4.24. The molecule has 1 atom stereocenters. The number of nitrogens with zero attached hydrogens (tertiary/aromatic N) is 4. The summed E-state index contributed by atoms with van der Waals surface area (Å²) in [6.45, 7) is 2.37. The van der Waals surface area contributed by atoms with Crippen LogP contribution in [0.1, 0.15) is 13.3 Å². The third kappa shape index (κ3) is 3.50. The Morgan fingerprint density at radius 3 is 2.76 bits per heavy atom. The van der Waals surface area contributed by atoms with Gasteiger partial charge in [0.25, 0.3) is 0 Å². The van der Waals surface area contributed by atoms with E-state index in [1.165, 1.54) is 11.1 Å². The second-order valence-electron chi connectivity index (χ2n) is 5.98. The second kappa shape index (κ2) is 6.25. The zero-order chi connectivity index (χ0) is 18.2. The molecule has 0 radical (unpaired) electrons. The van der Waals surface area contributed by atoms with E-state index in [9.17, 15) is 20.0 Å². The minimum absolute atomic E-state index is 0.169. The van der Waals surface area contributed by atoms with Crippen LogP contribution in [0.5, 0.6) is 6.01 Å². The van der Waals surface area contributed by atoms with Gasteiger partial charge in [-0.1, -0.05) is 11.6 Å². The highest BCUT2D eigenvalue weighted by atomic mass is 35.5. The summed E-state index contributed by atoms with van der Waals surface area (Å²) in [5.74, 6) is -0.273. The molecule has 1 aliphatic heterocycles. The number of imidazole rings is 1. The van der Waals surface area contributed by atoms with Crippen LogP contribution in [0.25, 0.3) is 0 Å². The summed E-state index contributed by atoms with van der Waals surface area (Å²) < 4.78 is 7.28. The summed E-state index contributed by atoms with van der Waals surface area (Å²) in [4.78, 5) is 26.7. The van der Waals surface area contributed by atoms with Crippen LogP contribution in [0, 0.1) is 10.1 Å². The van der Waals surface area contributed by atoms with Gasteiger partial charge in [-0.3, -0.25) is 9.47 Å². The molecule has 25 heavy (non-hydrogen) atoms. The van der Waals surface area contributed by atoms with Crippen LogP contribution in [0.15, 0.2) is 30.5 Å². The number of fused-ring (bicyclic) bond motifs is 1. The van der Waals surface area contributed by atoms with Crippen molar-refractivity contribution in [2.75, 3.05) is 11.4 Å². The van der Waals surface area contributed by atoms with Gasteiger partial charge in [0, 0.05) is 28.7 Å². The zero-order valence-electron chi connectivity index (χ0n) is 13.3. The molecule has 0 spiro atoms. The van der Waals surface area contributed by atoms with Crippen molar-refractivity contribution in [3.05, 3.63) is 45.6 Å². The number of benzene rings is 1. The van der Waals surface area contributed by atoms with Crippen molar-refractivity contribution in [2.24, 2.45) is 0 Å². The minimum Gasteiger partial charge on any atom is -0.465 e. The van der Waals surface area contributed by atoms with Crippen molar-refractivity contribution in [1.82, 2.24) is 9.55 Å². The SMILES string of the molecule is CC1(CCN(C(=O)O)c2ccc(Cl)cc2)Cn2cc([N+](=O)[O-])nc2O1. The van der Waals surface area contributed by atoms with Gasteiger partial charge in [-0.2, -0.15) is 0 Å². The number of aromatic nitrogens is 2. The van der Waals surface area contributed by atoms with E-state index in [1.807, 2.05) is 6.92 Å². The molecular formula is C15H15ClN4O5. The number of amides is 1. The highest BCUT2D eigenvalue weighted by Gasteiger charge is 2.40. The Hall–Kier alpha value is -2.81. The smallest absolute Gasteiger partial charge is 0.414 e. The number of ether oxygens (including phenoxy) is 1. The van der Waals surface area contributed by atoms with Crippen molar-refractivity contribution in [2.45, 2.75) is 25.5 Å². The Labute approximate surface area is 147 Å². The summed E-state index contributed by atoms with van der Waals surface area (Å²) in [6.07, 6.45) is 0.616. The lowest BCUT2D eigenvalue weighted by Crippen LogP contribution is -2.39. The van der Waals surface area contributed by atoms with Gasteiger partial charge in [-0.05, 0) is 36.1 Å². The first kappa shape index (κ1) is 17.0. The van der Waals surface area contributed by atoms with Gasteiger partial charge >= 0.3 is 17.9 Å².